The third-order valence-corrected chi connectivity index (χ3v) is 5.41. The van der Waals surface area contributed by atoms with Crippen molar-refractivity contribution in [2.24, 2.45) is 5.92 Å². The van der Waals surface area contributed by atoms with E-state index >= 15 is 0 Å². The standard InChI is InChI=1S/C19H16ClF4N7O/c20-14-7-12(19(22,23)24)9-25-17(14)30-5-3-11(4-6-30)18(32)27-16-8-13(1-2-15(16)21)31-10-26-28-29-31/h1-2,7-11H,3-6H2,(H,27,32). The van der Waals surface area contributed by atoms with Crippen molar-refractivity contribution in [2.75, 3.05) is 23.3 Å². The summed E-state index contributed by atoms with van der Waals surface area (Å²) in [7, 11) is 0. The molecule has 3 heterocycles. The predicted molar refractivity (Wildman–Crippen MR) is 107 cm³/mol. The highest BCUT2D eigenvalue weighted by molar-refractivity contribution is 6.33. The number of nitrogens with zero attached hydrogens (tertiary/aromatic N) is 6. The maximum atomic E-state index is 14.2. The molecule has 4 rings (SSSR count). The van der Waals surface area contributed by atoms with E-state index in [4.69, 9.17) is 11.6 Å². The number of nitrogens with one attached hydrogen (secondary N) is 1. The largest absolute Gasteiger partial charge is 0.417 e. The van der Waals surface area contributed by atoms with Gasteiger partial charge in [-0.15, -0.1) is 5.10 Å². The number of pyridine rings is 1. The Kier molecular flexibility index (Phi) is 5.96. The van der Waals surface area contributed by atoms with Gasteiger partial charge in [0, 0.05) is 25.2 Å². The van der Waals surface area contributed by atoms with Crippen LogP contribution in [0.4, 0.5) is 29.1 Å². The Labute approximate surface area is 184 Å². The Bertz CT molecular complexity index is 1120. The van der Waals surface area contributed by atoms with Crippen LogP contribution >= 0.6 is 11.6 Å². The second kappa shape index (κ2) is 8.69. The molecule has 2 aromatic heterocycles. The van der Waals surface area contributed by atoms with Crippen LogP contribution in [0.3, 0.4) is 0 Å². The van der Waals surface area contributed by atoms with Gasteiger partial charge in [-0.05, 0) is 47.5 Å². The lowest BCUT2D eigenvalue weighted by atomic mass is 9.95. The molecule has 0 radical (unpaired) electrons. The smallest absolute Gasteiger partial charge is 0.355 e. The minimum absolute atomic E-state index is 0.00196. The van der Waals surface area contributed by atoms with Crippen LogP contribution in [0.5, 0.6) is 0 Å². The molecule has 0 spiro atoms. The summed E-state index contributed by atoms with van der Waals surface area (Å²) in [4.78, 5) is 18.3. The van der Waals surface area contributed by atoms with Gasteiger partial charge in [-0.3, -0.25) is 4.79 Å². The molecule has 0 aliphatic carbocycles. The number of piperidine rings is 1. The van der Waals surface area contributed by atoms with Crippen LogP contribution in [0.2, 0.25) is 5.02 Å². The molecule has 0 saturated carbocycles. The number of amides is 1. The van der Waals surface area contributed by atoms with Crippen LogP contribution in [0.15, 0.2) is 36.8 Å². The van der Waals surface area contributed by atoms with Crippen LogP contribution < -0.4 is 10.2 Å². The molecule has 168 valence electrons. The van der Waals surface area contributed by atoms with E-state index in [9.17, 15) is 22.4 Å². The van der Waals surface area contributed by atoms with Gasteiger partial charge >= 0.3 is 6.18 Å². The minimum atomic E-state index is -4.53. The molecule has 1 aliphatic rings. The number of alkyl halides is 3. The van der Waals surface area contributed by atoms with Gasteiger partial charge < -0.3 is 10.2 Å². The number of halogens is 5. The van der Waals surface area contributed by atoms with Gasteiger partial charge in [0.25, 0.3) is 0 Å². The van der Waals surface area contributed by atoms with Gasteiger partial charge in [-0.1, -0.05) is 11.6 Å². The molecule has 32 heavy (non-hydrogen) atoms. The highest BCUT2D eigenvalue weighted by Gasteiger charge is 2.33. The second-order valence-corrected chi connectivity index (χ2v) is 7.60. The quantitative estimate of drug-likeness (QED) is 0.586. The Morgan fingerprint density at radius 3 is 2.56 bits per heavy atom. The fourth-order valence-electron chi connectivity index (χ4n) is 3.44. The molecule has 0 bridgehead atoms. The zero-order chi connectivity index (χ0) is 22.9. The van der Waals surface area contributed by atoms with Crippen molar-refractivity contribution in [3.05, 3.63) is 53.2 Å². The normalized spacial score (nSPS) is 15.1. The van der Waals surface area contributed by atoms with Gasteiger partial charge in [-0.25, -0.2) is 14.1 Å². The molecule has 3 aromatic rings. The first kappa shape index (κ1) is 21.9. The van der Waals surface area contributed by atoms with E-state index in [1.807, 2.05) is 0 Å². The molecule has 1 amide bonds. The third kappa shape index (κ3) is 4.64. The number of hydrogen-bond acceptors (Lipinski definition) is 6. The number of anilines is 2. The van der Waals surface area contributed by atoms with Gasteiger partial charge in [0.1, 0.15) is 18.0 Å². The summed E-state index contributed by atoms with van der Waals surface area (Å²) < 4.78 is 53.9. The molecule has 1 N–H and O–H groups in total. The fraction of sp³-hybridized carbons (Fsp3) is 0.316. The minimum Gasteiger partial charge on any atom is -0.355 e. The van der Waals surface area contributed by atoms with Gasteiger partial charge in [0.15, 0.2) is 0 Å². The van der Waals surface area contributed by atoms with E-state index in [0.717, 1.165) is 12.3 Å². The molecule has 1 aliphatic heterocycles. The van der Waals surface area contributed by atoms with Crippen molar-refractivity contribution in [3.8, 4) is 5.69 Å². The molecule has 8 nitrogen and oxygen atoms in total. The molecule has 1 aromatic carbocycles. The maximum Gasteiger partial charge on any atom is 0.417 e. The van der Waals surface area contributed by atoms with Gasteiger partial charge in [0.05, 0.1) is 22.0 Å². The Morgan fingerprint density at radius 2 is 1.94 bits per heavy atom. The SMILES string of the molecule is O=C(Nc1cc(-n2cnnn2)ccc1F)C1CCN(c2ncc(C(F)(F)F)cc2Cl)CC1. The Morgan fingerprint density at radius 1 is 1.19 bits per heavy atom. The zero-order valence-electron chi connectivity index (χ0n) is 16.4. The molecule has 1 saturated heterocycles. The van der Waals surface area contributed by atoms with Crippen LogP contribution in [0.25, 0.3) is 5.69 Å². The first-order valence-electron chi connectivity index (χ1n) is 9.54. The topological polar surface area (TPSA) is 88.8 Å². The Balaban J connectivity index is 1.40. The summed E-state index contributed by atoms with van der Waals surface area (Å²) in [6.07, 6.45) is -1.65. The maximum absolute atomic E-state index is 14.2. The van der Waals surface area contributed by atoms with Crippen LogP contribution in [0.1, 0.15) is 18.4 Å². The lowest BCUT2D eigenvalue weighted by molar-refractivity contribution is -0.137. The summed E-state index contributed by atoms with van der Waals surface area (Å²) in [5.74, 6) is -1.13. The van der Waals surface area contributed by atoms with Crippen LogP contribution in [-0.2, 0) is 11.0 Å². The molecular weight excluding hydrogens is 454 g/mol. The average molecular weight is 470 g/mol. The average Bonchev–Trinajstić information content (AvgIpc) is 3.29. The van der Waals surface area contributed by atoms with E-state index in [2.05, 4.69) is 25.8 Å². The summed E-state index contributed by atoms with van der Waals surface area (Å²) in [5.41, 5.74) is -0.450. The van der Waals surface area contributed by atoms with E-state index in [-0.39, 0.29) is 22.4 Å². The first-order chi connectivity index (χ1) is 15.2. The second-order valence-electron chi connectivity index (χ2n) is 7.20. The first-order valence-corrected chi connectivity index (χ1v) is 9.91. The molecule has 13 heteroatoms. The van der Waals surface area contributed by atoms with E-state index in [1.54, 1.807) is 4.90 Å². The van der Waals surface area contributed by atoms with Crippen molar-refractivity contribution in [2.45, 2.75) is 19.0 Å². The van der Waals surface area contributed by atoms with E-state index in [1.165, 1.54) is 29.2 Å². The fourth-order valence-corrected chi connectivity index (χ4v) is 3.72. The molecule has 0 unspecified atom stereocenters. The number of rotatable bonds is 4. The zero-order valence-corrected chi connectivity index (χ0v) is 17.1. The number of carbonyl (C=O) groups excluding carboxylic acids is 1. The highest BCUT2D eigenvalue weighted by Crippen LogP contribution is 2.34. The molecule has 0 atom stereocenters. The highest BCUT2D eigenvalue weighted by atomic mass is 35.5. The summed E-state index contributed by atoms with van der Waals surface area (Å²) in [5, 5.41) is 13.2. The number of benzene rings is 1. The van der Waals surface area contributed by atoms with Crippen molar-refractivity contribution in [3.63, 3.8) is 0 Å². The van der Waals surface area contributed by atoms with Crippen LogP contribution in [0, 0.1) is 11.7 Å². The molecular formula is C19H16ClF4N7O. The Hall–Kier alpha value is -3.28. The van der Waals surface area contributed by atoms with E-state index < -0.39 is 23.5 Å². The van der Waals surface area contributed by atoms with Crippen molar-refractivity contribution in [1.29, 1.82) is 0 Å². The van der Waals surface area contributed by atoms with Gasteiger partial charge in [0.2, 0.25) is 5.91 Å². The summed E-state index contributed by atoms with van der Waals surface area (Å²) >= 11 is 6.01. The lowest BCUT2D eigenvalue weighted by Crippen LogP contribution is -2.38. The summed E-state index contributed by atoms with van der Waals surface area (Å²) in [6, 6.07) is 4.93. The third-order valence-electron chi connectivity index (χ3n) is 5.14. The predicted octanol–water partition coefficient (Wildman–Crippen LogP) is 3.72. The van der Waals surface area contributed by atoms with Crippen molar-refractivity contribution >= 4 is 29.0 Å². The lowest BCUT2D eigenvalue weighted by Gasteiger charge is -2.32. The summed E-state index contributed by atoms with van der Waals surface area (Å²) in [6.45, 7) is 0.729. The number of tetrazole rings is 1. The number of carbonyl (C=O) groups is 1. The monoisotopic (exact) mass is 469 g/mol. The van der Waals surface area contributed by atoms with E-state index in [0.29, 0.717) is 31.6 Å². The van der Waals surface area contributed by atoms with Crippen LogP contribution in [-0.4, -0.2) is 44.2 Å². The number of hydrogen-bond donors (Lipinski definition) is 1. The van der Waals surface area contributed by atoms with Gasteiger partial charge in [-0.2, -0.15) is 13.2 Å². The number of aromatic nitrogens is 5. The van der Waals surface area contributed by atoms with Crippen molar-refractivity contribution in [1.82, 2.24) is 25.2 Å². The van der Waals surface area contributed by atoms with Crippen molar-refractivity contribution < 1.29 is 22.4 Å². The molecule has 1 fully saturated rings.